The maximum atomic E-state index is 9.81. The molecule has 0 aromatic heterocycles. The molecule has 96 valence electrons. The van der Waals surface area contributed by atoms with Crippen molar-refractivity contribution in [3.63, 3.8) is 0 Å². The number of hydrogen-bond donors (Lipinski definition) is 5. The molecule has 1 heterocycles. The molecule has 0 aromatic rings. The van der Waals surface area contributed by atoms with Gasteiger partial charge >= 0.3 is 0 Å². The molecule has 0 aliphatic carbocycles. The molecule has 6 nitrogen and oxygen atoms in total. The standard InChI is InChI=1S/C10H21NO5/c1-10(2,3)11-6-8(14)7(13)5(4-12)16-9(6)15/h5-9,11-15H,4H2,1-3H3/t5-,6-,7-,8-,9?/m1/s1. The molecular weight excluding hydrogens is 214 g/mol. The van der Waals surface area contributed by atoms with Crippen molar-refractivity contribution in [2.45, 2.75) is 57.0 Å². The molecular formula is C10H21NO5. The van der Waals surface area contributed by atoms with Gasteiger partial charge in [-0.25, -0.2) is 0 Å². The molecule has 1 saturated heterocycles. The van der Waals surface area contributed by atoms with Crippen molar-refractivity contribution < 1.29 is 25.2 Å². The van der Waals surface area contributed by atoms with Crippen LogP contribution >= 0.6 is 0 Å². The summed E-state index contributed by atoms with van der Waals surface area (Å²) in [5.41, 5.74) is -0.332. The van der Waals surface area contributed by atoms with E-state index in [1.807, 2.05) is 20.8 Å². The van der Waals surface area contributed by atoms with Crippen molar-refractivity contribution in [2.75, 3.05) is 6.61 Å². The number of aliphatic hydroxyl groups is 4. The van der Waals surface area contributed by atoms with Gasteiger partial charge in [0.25, 0.3) is 0 Å². The molecule has 5 atom stereocenters. The van der Waals surface area contributed by atoms with E-state index < -0.39 is 37.3 Å². The minimum Gasteiger partial charge on any atom is -0.394 e. The van der Waals surface area contributed by atoms with Crippen molar-refractivity contribution >= 4 is 0 Å². The minimum atomic E-state index is -1.25. The second kappa shape index (κ2) is 4.95. The summed E-state index contributed by atoms with van der Waals surface area (Å²) in [6, 6.07) is -0.780. The third kappa shape index (κ3) is 3.13. The van der Waals surface area contributed by atoms with Crippen LogP contribution in [0.15, 0.2) is 0 Å². The molecule has 1 aliphatic heterocycles. The zero-order valence-corrected chi connectivity index (χ0v) is 9.79. The first-order valence-corrected chi connectivity index (χ1v) is 5.34. The van der Waals surface area contributed by atoms with Gasteiger partial charge in [-0.15, -0.1) is 0 Å². The molecule has 5 N–H and O–H groups in total. The van der Waals surface area contributed by atoms with E-state index in [0.717, 1.165) is 0 Å². The lowest BCUT2D eigenvalue weighted by Crippen LogP contribution is -2.65. The van der Waals surface area contributed by atoms with Crippen molar-refractivity contribution in [3.05, 3.63) is 0 Å². The van der Waals surface area contributed by atoms with Crippen LogP contribution in [-0.2, 0) is 4.74 Å². The average Bonchev–Trinajstić information content (AvgIpc) is 2.17. The molecule has 0 spiro atoms. The maximum absolute atomic E-state index is 9.81. The van der Waals surface area contributed by atoms with Crippen LogP contribution in [0.4, 0.5) is 0 Å². The fourth-order valence-corrected chi connectivity index (χ4v) is 1.75. The molecule has 16 heavy (non-hydrogen) atoms. The highest BCUT2D eigenvalue weighted by Crippen LogP contribution is 2.21. The molecule has 0 amide bonds. The van der Waals surface area contributed by atoms with Crippen molar-refractivity contribution in [1.82, 2.24) is 5.32 Å². The first-order chi connectivity index (χ1) is 7.26. The van der Waals surface area contributed by atoms with Crippen molar-refractivity contribution in [1.29, 1.82) is 0 Å². The Kier molecular flexibility index (Phi) is 4.28. The van der Waals surface area contributed by atoms with Crippen LogP contribution in [-0.4, -0.2) is 63.2 Å². The molecule has 6 heteroatoms. The highest BCUT2D eigenvalue weighted by atomic mass is 16.6. The lowest BCUT2D eigenvalue weighted by molar-refractivity contribution is -0.256. The number of hydrogen-bond acceptors (Lipinski definition) is 6. The van der Waals surface area contributed by atoms with Gasteiger partial charge in [-0.2, -0.15) is 0 Å². The molecule has 1 unspecified atom stereocenters. The van der Waals surface area contributed by atoms with Crippen LogP contribution in [0.1, 0.15) is 20.8 Å². The largest absolute Gasteiger partial charge is 0.394 e. The highest BCUT2D eigenvalue weighted by molar-refractivity contribution is 4.95. The van der Waals surface area contributed by atoms with Crippen molar-refractivity contribution in [3.8, 4) is 0 Å². The van der Waals surface area contributed by atoms with Crippen LogP contribution in [0.25, 0.3) is 0 Å². The second-order valence-corrected chi connectivity index (χ2v) is 5.15. The average molecular weight is 235 g/mol. The fourth-order valence-electron chi connectivity index (χ4n) is 1.75. The lowest BCUT2D eigenvalue weighted by atomic mass is 9.94. The van der Waals surface area contributed by atoms with Gasteiger partial charge in [0.1, 0.15) is 18.3 Å². The number of nitrogens with one attached hydrogen (secondary N) is 1. The minimum absolute atomic E-state index is 0.332. The number of rotatable bonds is 2. The maximum Gasteiger partial charge on any atom is 0.173 e. The summed E-state index contributed by atoms with van der Waals surface area (Å²) in [6.07, 6.45) is -4.61. The van der Waals surface area contributed by atoms with Gasteiger partial charge in [-0.05, 0) is 20.8 Å². The third-order valence-electron chi connectivity index (χ3n) is 2.50. The van der Waals surface area contributed by atoms with E-state index in [1.54, 1.807) is 0 Å². The van der Waals surface area contributed by atoms with Crippen LogP contribution < -0.4 is 5.32 Å². The Morgan fingerprint density at radius 2 is 1.69 bits per heavy atom. The van der Waals surface area contributed by atoms with E-state index >= 15 is 0 Å². The monoisotopic (exact) mass is 235 g/mol. The predicted molar refractivity (Wildman–Crippen MR) is 56.7 cm³/mol. The third-order valence-corrected chi connectivity index (χ3v) is 2.50. The Bertz CT molecular complexity index is 230. The Hall–Kier alpha value is -0.240. The topological polar surface area (TPSA) is 102 Å². The van der Waals surface area contributed by atoms with Gasteiger partial charge in [-0.3, -0.25) is 0 Å². The SMILES string of the molecule is CC(C)(C)N[C@H]1C(O)O[C@H](CO)[C@@H](O)[C@@H]1O. The highest BCUT2D eigenvalue weighted by Gasteiger charge is 2.44. The number of aliphatic hydroxyl groups excluding tert-OH is 4. The van der Waals surface area contributed by atoms with Crippen LogP contribution in [0.3, 0.4) is 0 Å². The summed E-state index contributed by atoms with van der Waals surface area (Å²) < 4.78 is 5.01. The summed E-state index contributed by atoms with van der Waals surface area (Å²) in [5.74, 6) is 0. The zero-order valence-electron chi connectivity index (χ0n) is 9.79. The Balaban J connectivity index is 2.72. The Morgan fingerprint density at radius 3 is 2.12 bits per heavy atom. The molecule has 0 saturated carbocycles. The van der Waals surface area contributed by atoms with E-state index in [4.69, 9.17) is 9.84 Å². The zero-order chi connectivity index (χ0) is 12.5. The summed E-state index contributed by atoms with van der Waals surface area (Å²) >= 11 is 0. The van der Waals surface area contributed by atoms with E-state index in [0.29, 0.717) is 0 Å². The van der Waals surface area contributed by atoms with Crippen molar-refractivity contribution in [2.24, 2.45) is 0 Å². The number of ether oxygens (including phenoxy) is 1. The van der Waals surface area contributed by atoms with Gasteiger partial charge in [0.05, 0.1) is 12.6 Å². The summed E-state index contributed by atoms with van der Waals surface area (Å²) in [6.45, 7) is 5.17. The fraction of sp³-hybridized carbons (Fsp3) is 1.00. The molecule has 0 aromatic carbocycles. The summed E-state index contributed by atoms with van der Waals surface area (Å²) in [5, 5.41) is 41.0. The quantitative estimate of drug-likeness (QED) is 0.386. The Labute approximate surface area is 94.9 Å². The van der Waals surface area contributed by atoms with Crippen LogP contribution in [0.5, 0.6) is 0 Å². The molecule has 0 bridgehead atoms. The summed E-state index contributed by atoms with van der Waals surface area (Å²) in [4.78, 5) is 0. The van der Waals surface area contributed by atoms with E-state index in [1.165, 1.54) is 0 Å². The smallest absolute Gasteiger partial charge is 0.173 e. The normalized spacial score (nSPS) is 41.1. The van der Waals surface area contributed by atoms with Gasteiger partial charge in [-0.1, -0.05) is 0 Å². The van der Waals surface area contributed by atoms with Crippen LogP contribution in [0, 0.1) is 0 Å². The Morgan fingerprint density at radius 1 is 1.12 bits per heavy atom. The van der Waals surface area contributed by atoms with E-state index in [-0.39, 0.29) is 5.54 Å². The van der Waals surface area contributed by atoms with Gasteiger partial charge < -0.3 is 30.5 Å². The first kappa shape index (κ1) is 13.8. The van der Waals surface area contributed by atoms with Gasteiger partial charge in [0.15, 0.2) is 6.29 Å². The predicted octanol–water partition coefficient (Wildman–Crippen LogP) is -1.83. The second-order valence-electron chi connectivity index (χ2n) is 5.15. The first-order valence-electron chi connectivity index (χ1n) is 5.34. The van der Waals surface area contributed by atoms with E-state index in [2.05, 4.69) is 5.32 Å². The van der Waals surface area contributed by atoms with Gasteiger partial charge in [0, 0.05) is 5.54 Å². The molecule has 1 fully saturated rings. The lowest BCUT2D eigenvalue weighted by Gasteiger charge is -2.43. The molecule has 0 radical (unpaired) electrons. The van der Waals surface area contributed by atoms with Gasteiger partial charge in [0.2, 0.25) is 0 Å². The van der Waals surface area contributed by atoms with E-state index in [9.17, 15) is 15.3 Å². The molecule has 1 rings (SSSR count). The molecule has 1 aliphatic rings. The van der Waals surface area contributed by atoms with Crippen LogP contribution in [0.2, 0.25) is 0 Å². The summed E-state index contributed by atoms with van der Waals surface area (Å²) in [7, 11) is 0.